The highest BCUT2D eigenvalue weighted by atomic mass is 19.4. The number of unbranched alkanes of at least 4 members (excludes halogenated alkanes) is 6. The molecule has 0 saturated carbocycles. The first-order valence-electron chi connectivity index (χ1n) is 20.7. The summed E-state index contributed by atoms with van der Waals surface area (Å²) in [5.74, 6) is 1.32. The molecule has 0 aliphatic carbocycles. The van der Waals surface area contributed by atoms with E-state index < -0.39 is 6.36 Å². The highest BCUT2D eigenvalue weighted by Crippen LogP contribution is 2.28. The summed E-state index contributed by atoms with van der Waals surface area (Å²) < 4.78 is 46.0. The van der Waals surface area contributed by atoms with Crippen LogP contribution in [0.25, 0.3) is 0 Å². The third-order valence-corrected chi connectivity index (χ3v) is 8.02. The summed E-state index contributed by atoms with van der Waals surface area (Å²) in [7, 11) is 1.94. The molecule has 51 heavy (non-hydrogen) atoms. The van der Waals surface area contributed by atoms with Crippen LogP contribution in [0.1, 0.15) is 193 Å². The second-order valence-electron chi connectivity index (χ2n) is 13.9. The molecule has 0 radical (unpaired) electrons. The molecule has 0 aliphatic heterocycles. The van der Waals surface area contributed by atoms with Crippen LogP contribution in [-0.4, -0.2) is 26.6 Å². The van der Waals surface area contributed by atoms with E-state index in [1.807, 2.05) is 11.9 Å². The molecule has 0 spiro atoms. The van der Waals surface area contributed by atoms with E-state index in [4.69, 9.17) is 4.74 Å². The van der Waals surface area contributed by atoms with Gasteiger partial charge in [0.25, 0.3) is 0 Å². The number of nitrogens with zero attached hydrogens (tertiary/aromatic N) is 1. The number of alkyl halides is 3. The topological polar surface area (TPSA) is 21.7 Å². The fourth-order valence-corrected chi connectivity index (χ4v) is 4.10. The Kier molecular flexibility index (Phi) is 44.7. The molecule has 0 amide bonds. The molecular formula is C45H86F3NO2. The molecule has 6 heteroatoms. The zero-order chi connectivity index (χ0) is 39.9. The number of hydrogen-bond acceptors (Lipinski definition) is 3. The Morgan fingerprint density at radius 2 is 1.24 bits per heavy atom. The average Bonchev–Trinajstić information content (AvgIpc) is 3.10. The quantitative estimate of drug-likeness (QED) is 0.0929. The van der Waals surface area contributed by atoms with Crippen molar-refractivity contribution in [2.45, 2.75) is 199 Å². The van der Waals surface area contributed by atoms with Crippen LogP contribution in [0.5, 0.6) is 5.75 Å². The number of benzene rings is 1. The van der Waals surface area contributed by atoms with Gasteiger partial charge in [0, 0.05) is 31.6 Å². The molecule has 304 valence electrons. The molecule has 0 saturated heterocycles. The molecule has 1 rings (SSSR count). The molecule has 0 bridgehead atoms. The number of rotatable bonds is 21. The number of allylic oxidation sites excluding steroid dienone is 4. The zero-order valence-electron chi connectivity index (χ0n) is 36.2. The van der Waals surface area contributed by atoms with E-state index in [-0.39, 0.29) is 5.75 Å². The second-order valence-corrected chi connectivity index (χ2v) is 13.9. The van der Waals surface area contributed by atoms with Crippen molar-refractivity contribution in [2.24, 2.45) is 11.8 Å². The number of hydrogen-bond donors (Lipinski definition) is 0. The van der Waals surface area contributed by atoms with Crippen molar-refractivity contribution >= 4 is 5.69 Å². The van der Waals surface area contributed by atoms with Crippen molar-refractivity contribution in [3.8, 4) is 5.75 Å². The van der Waals surface area contributed by atoms with Crippen LogP contribution in [0.15, 0.2) is 47.7 Å². The molecule has 0 fully saturated rings. The van der Waals surface area contributed by atoms with Gasteiger partial charge in [-0.25, -0.2) is 0 Å². The lowest BCUT2D eigenvalue weighted by Gasteiger charge is -2.24. The molecule has 3 nitrogen and oxygen atoms in total. The molecule has 0 aliphatic rings. The Morgan fingerprint density at radius 1 is 0.706 bits per heavy atom. The van der Waals surface area contributed by atoms with Gasteiger partial charge >= 0.3 is 6.36 Å². The van der Waals surface area contributed by atoms with Gasteiger partial charge < -0.3 is 14.4 Å². The molecule has 1 unspecified atom stereocenters. The van der Waals surface area contributed by atoms with Crippen LogP contribution in [0.2, 0.25) is 0 Å². The van der Waals surface area contributed by atoms with Crippen molar-refractivity contribution in [3.05, 3.63) is 47.7 Å². The maximum Gasteiger partial charge on any atom is 0.573 e. The van der Waals surface area contributed by atoms with Gasteiger partial charge in [0.05, 0.1) is 0 Å². The smallest absolute Gasteiger partial charge is 0.406 e. The Bertz CT molecular complexity index is 864. The summed E-state index contributed by atoms with van der Waals surface area (Å²) in [6, 6.07) is 5.97. The summed E-state index contributed by atoms with van der Waals surface area (Å²) in [6.45, 7) is 30.3. The van der Waals surface area contributed by atoms with Gasteiger partial charge in [0.15, 0.2) is 0 Å². The Morgan fingerprint density at radius 3 is 1.65 bits per heavy atom. The SMILES string of the molecule is CC/C=C(C)\C=C(\CCC(C)C)N(C)c1ccc(OC(F)(F)F)cc1.CCCC.CCCC.CCCCCC(C)CC.CCCCCOCCC. The highest BCUT2D eigenvalue weighted by Gasteiger charge is 2.31. The fourth-order valence-electron chi connectivity index (χ4n) is 4.10. The van der Waals surface area contributed by atoms with Gasteiger partial charge in [0.2, 0.25) is 0 Å². The fraction of sp³-hybridized carbons (Fsp3) is 0.778. The van der Waals surface area contributed by atoms with Crippen LogP contribution in [0.4, 0.5) is 18.9 Å². The molecule has 0 N–H and O–H groups in total. The minimum absolute atomic E-state index is 0.209. The molecular weight excluding hydrogens is 643 g/mol. The standard InChI is InChI=1S/C20H28F3NO.C9H20.C8H18O.2C4H10/c1-6-7-16(4)14-18(9-8-15(2)3)24(5)17-10-12-19(13-11-17)25-20(21,22)23;1-4-6-7-8-9(3)5-2;1-3-5-6-8-9-7-4-2;2*1-3-4-2/h7,10-15H,6,8-9H2,1-5H3;9H,4-8H2,1-3H3;3-8H2,1-2H3;2*3-4H2,1-2H3/b16-7-,18-14-;;;;. The van der Waals surface area contributed by atoms with E-state index in [0.717, 1.165) is 56.2 Å². The molecule has 0 heterocycles. The summed E-state index contributed by atoms with van der Waals surface area (Å²) >= 11 is 0. The van der Waals surface area contributed by atoms with Crippen molar-refractivity contribution < 1.29 is 22.6 Å². The van der Waals surface area contributed by atoms with Crippen molar-refractivity contribution in [2.75, 3.05) is 25.2 Å². The first-order chi connectivity index (χ1) is 24.2. The minimum Gasteiger partial charge on any atom is -0.406 e. The van der Waals surface area contributed by atoms with E-state index in [0.29, 0.717) is 5.92 Å². The van der Waals surface area contributed by atoms with Crippen molar-refractivity contribution in [1.29, 1.82) is 0 Å². The normalized spacial score (nSPS) is 11.9. The first kappa shape index (κ1) is 55.8. The monoisotopic (exact) mass is 730 g/mol. The third kappa shape index (κ3) is 44.1. The van der Waals surface area contributed by atoms with Crippen molar-refractivity contribution in [3.63, 3.8) is 0 Å². The summed E-state index contributed by atoms with van der Waals surface area (Å²) in [5, 5.41) is 0. The summed E-state index contributed by atoms with van der Waals surface area (Å²) in [5.41, 5.74) is 3.15. The van der Waals surface area contributed by atoms with Gasteiger partial charge in [-0.05, 0) is 81.2 Å². The maximum atomic E-state index is 12.3. The predicted molar refractivity (Wildman–Crippen MR) is 223 cm³/mol. The average molecular weight is 730 g/mol. The Labute approximate surface area is 317 Å². The maximum absolute atomic E-state index is 12.3. The Hall–Kier alpha value is -1.95. The summed E-state index contributed by atoms with van der Waals surface area (Å²) in [4.78, 5) is 2.02. The Balaban J connectivity index is -0.000000345. The number of ether oxygens (including phenoxy) is 2. The van der Waals surface area contributed by atoms with Gasteiger partial charge in [-0.3, -0.25) is 0 Å². The molecule has 1 aromatic carbocycles. The predicted octanol–water partition coefficient (Wildman–Crippen LogP) is 16.5. The highest BCUT2D eigenvalue weighted by molar-refractivity contribution is 5.54. The van der Waals surface area contributed by atoms with Crippen LogP contribution in [0, 0.1) is 11.8 Å². The van der Waals surface area contributed by atoms with Crippen LogP contribution < -0.4 is 9.64 Å². The lowest BCUT2D eigenvalue weighted by molar-refractivity contribution is -0.274. The third-order valence-electron chi connectivity index (χ3n) is 8.02. The van der Waals surface area contributed by atoms with Gasteiger partial charge in [-0.15, -0.1) is 13.2 Å². The van der Waals surface area contributed by atoms with E-state index in [1.165, 1.54) is 94.8 Å². The van der Waals surface area contributed by atoms with Gasteiger partial charge in [-0.1, -0.05) is 165 Å². The van der Waals surface area contributed by atoms with Crippen LogP contribution in [-0.2, 0) is 4.74 Å². The lowest BCUT2D eigenvalue weighted by atomic mass is 10.0. The van der Waals surface area contributed by atoms with Gasteiger partial charge in [-0.2, -0.15) is 0 Å². The second kappa shape index (κ2) is 40.8. The van der Waals surface area contributed by atoms with E-state index in [2.05, 4.69) is 107 Å². The van der Waals surface area contributed by atoms with E-state index >= 15 is 0 Å². The van der Waals surface area contributed by atoms with E-state index in [9.17, 15) is 13.2 Å². The number of halogens is 3. The minimum atomic E-state index is -4.67. The first-order valence-corrected chi connectivity index (χ1v) is 20.7. The molecule has 0 aromatic heterocycles. The van der Waals surface area contributed by atoms with E-state index in [1.54, 1.807) is 12.1 Å². The van der Waals surface area contributed by atoms with Crippen LogP contribution in [0.3, 0.4) is 0 Å². The zero-order valence-corrected chi connectivity index (χ0v) is 36.2. The summed E-state index contributed by atoms with van der Waals surface area (Å²) in [6.07, 6.45) is 19.8. The molecule has 1 atom stereocenters. The molecule has 1 aromatic rings. The lowest BCUT2D eigenvalue weighted by Crippen LogP contribution is -2.18. The largest absolute Gasteiger partial charge is 0.573 e. The van der Waals surface area contributed by atoms with Crippen molar-refractivity contribution in [1.82, 2.24) is 0 Å². The van der Waals surface area contributed by atoms with Crippen LogP contribution >= 0.6 is 0 Å². The number of anilines is 1. The van der Waals surface area contributed by atoms with Gasteiger partial charge in [0.1, 0.15) is 5.75 Å².